The number of hydrogen-bond acceptors (Lipinski definition) is 2. The summed E-state index contributed by atoms with van der Waals surface area (Å²) in [5.41, 5.74) is -0.435. The third kappa shape index (κ3) is 1.65. The van der Waals surface area contributed by atoms with Crippen LogP contribution >= 0.6 is 22.6 Å². The van der Waals surface area contributed by atoms with E-state index in [1.165, 1.54) is 0 Å². The van der Waals surface area contributed by atoms with Gasteiger partial charge in [0.1, 0.15) is 11.3 Å². The molecule has 1 aliphatic carbocycles. The van der Waals surface area contributed by atoms with E-state index >= 15 is 0 Å². The highest BCUT2D eigenvalue weighted by molar-refractivity contribution is 14.1. The normalized spacial score (nSPS) is 18.2. The molecular formula is C8H8INO3. The highest BCUT2D eigenvalue weighted by Crippen LogP contribution is 2.46. The van der Waals surface area contributed by atoms with E-state index in [2.05, 4.69) is 27.9 Å². The monoisotopic (exact) mass is 293 g/mol. The first-order chi connectivity index (χ1) is 6.12. The zero-order chi connectivity index (χ0) is 9.47. The molecule has 1 aromatic rings. The quantitative estimate of drug-likeness (QED) is 0.821. The largest absolute Gasteiger partial charge is 0.465 e. The number of furan rings is 1. The molecule has 70 valence electrons. The van der Waals surface area contributed by atoms with Crippen molar-refractivity contribution in [3.63, 3.8) is 0 Å². The van der Waals surface area contributed by atoms with E-state index < -0.39 is 11.6 Å². The number of hydrogen-bond donors (Lipinski definition) is 2. The summed E-state index contributed by atoms with van der Waals surface area (Å²) in [6, 6.07) is 3.66. The molecule has 1 aliphatic rings. The zero-order valence-electron chi connectivity index (χ0n) is 6.71. The summed E-state index contributed by atoms with van der Waals surface area (Å²) < 4.78 is 6.16. The number of carbonyl (C=O) groups is 1. The van der Waals surface area contributed by atoms with Crippen LogP contribution in [-0.2, 0) is 5.54 Å². The van der Waals surface area contributed by atoms with Gasteiger partial charge < -0.3 is 14.8 Å². The van der Waals surface area contributed by atoms with E-state index in [4.69, 9.17) is 9.52 Å². The molecule has 0 saturated heterocycles. The lowest BCUT2D eigenvalue weighted by atomic mass is 10.2. The summed E-state index contributed by atoms with van der Waals surface area (Å²) >= 11 is 2.06. The molecule has 0 aromatic carbocycles. The van der Waals surface area contributed by atoms with Crippen LogP contribution in [0.15, 0.2) is 16.5 Å². The molecule has 1 aromatic heterocycles. The van der Waals surface area contributed by atoms with E-state index in [0.29, 0.717) is 0 Å². The molecule has 1 amide bonds. The average Bonchev–Trinajstić information content (AvgIpc) is 2.65. The van der Waals surface area contributed by atoms with E-state index in [-0.39, 0.29) is 0 Å². The third-order valence-corrected chi connectivity index (χ3v) is 2.72. The Bertz CT molecular complexity index is 343. The maximum atomic E-state index is 10.5. The fourth-order valence-corrected chi connectivity index (χ4v) is 1.75. The molecular weight excluding hydrogens is 285 g/mol. The van der Waals surface area contributed by atoms with Crippen molar-refractivity contribution in [3.05, 3.63) is 21.7 Å². The predicted molar refractivity (Wildman–Crippen MR) is 53.5 cm³/mol. The molecule has 4 nitrogen and oxygen atoms in total. The minimum atomic E-state index is -0.996. The van der Waals surface area contributed by atoms with Gasteiger partial charge in [-0.15, -0.1) is 0 Å². The number of rotatable bonds is 2. The molecule has 1 fully saturated rings. The van der Waals surface area contributed by atoms with Crippen molar-refractivity contribution in [1.82, 2.24) is 5.32 Å². The Kier molecular flexibility index (Phi) is 1.98. The Hall–Kier alpha value is -0.720. The summed E-state index contributed by atoms with van der Waals surface area (Å²) in [6.45, 7) is 0. The Morgan fingerprint density at radius 2 is 2.31 bits per heavy atom. The SMILES string of the molecule is O=C(O)NC1(c2ccc(I)o2)CC1. The summed E-state index contributed by atoms with van der Waals surface area (Å²) in [5, 5.41) is 11.1. The van der Waals surface area contributed by atoms with Gasteiger partial charge in [0, 0.05) is 0 Å². The first-order valence-corrected chi connectivity index (χ1v) is 4.97. The Morgan fingerprint density at radius 1 is 1.62 bits per heavy atom. The molecule has 0 radical (unpaired) electrons. The van der Waals surface area contributed by atoms with Gasteiger partial charge in [-0.05, 0) is 47.6 Å². The molecule has 1 saturated carbocycles. The number of amides is 1. The van der Waals surface area contributed by atoms with Crippen LogP contribution < -0.4 is 5.32 Å². The second-order valence-electron chi connectivity index (χ2n) is 3.12. The molecule has 0 unspecified atom stereocenters. The topological polar surface area (TPSA) is 62.5 Å². The number of nitrogens with one attached hydrogen (secondary N) is 1. The van der Waals surface area contributed by atoms with E-state index in [0.717, 1.165) is 22.4 Å². The summed E-state index contributed by atoms with van der Waals surface area (Å²) in [5.74, 6) is 0.722. The lowest BCUT2D eigenvalue weighted by Gasteiger charge is -2.11. The van der Waals surface area contributed by atoms with Crippen molar-refractivity contribution in [2.24, 2.45) is 0 Å². The first-order valence-electron chi connectivity index (χ1n) is 3.89. The third-order valence-electron chi connectivity index (χ3n) is 2.14. The van der Waals surface area contributed by atoms with Gasteiger partial charge in [-0.2, -0.15) is 0 Å². The van der Waals surface area contributed by atoms with Crippen molar-refractivity contribution in [1.29, 1.82) is 0 Å². The molecule has 0 aliphatic heterocycles. The van der Waals surface area contributed by atoms with Crippen LogP contribution in [0.25, 0.3) is 0 Å². The molecule has 0 atom stereocenters. The standard InChI is InChI=1S/C8H8INO3/c9-6-2-1-5(13-6)8(3-4-8)10-7(11)12/h1-2,10H,3-4H2,(H,11,12). The van der Waals surface area contributed by atoms with E-state index in [1.54, 1.807) is 0 Å². The highest BCUT2D eigenvalue weighted by atomic mass is 127. The van der Waals surface area contributed by atoms with E-state index in [9.17, 15) is 4.79 Å². The minimum absolute atomic E-state index is 0.435. The second-order valence-corrected chi connectivity index (χ2v) is 4.18. The molecule has 2 N–H and O–H groups in total. The van der Waals surface area contributed by atoms with Crippen molar-refractivity contribution in [3.8, 4) is 0 Å². The minimum Gasteiger partial charge on any atom is -0.465 e. The predicted octanol–water partition coefficient (Wildman–Crippen LogP) is 2.14. The van der Waals surface area contributed by atoms with Crippen LogP contribution in [-0.4, -0.2) is 11.2 Å². The lowest BCUT2D eigenvalue weighted by molar-refractivity contribution is 0.185. The van der Waals surface area contributed by atoms with Gasteiger partial charge in [0.05, 0.1) is 0 Å². The summed E-state index contributed by atoms with van der Waals surface area (Å²) in [7, 11) is 0. The van der Waals surface area contributed by atoms with Crippen LogP contribution in [0.2, 0.25) is 0 Å². The van der Waals surface area contributed by atoms with Gasteiger partial charge in [-0.3, -0.25) is 0 Å². The van der Waals surface area contributed by atoms with Gasteiger partial charge in [0.2, 0.25) is 0 Å². The Balaban J connectivity index is 2.20. The van der Waals surface area contributed by atoms with Crippen molar-refractivity contribution in [2.45, 2.75) is 18.4 Å². The van der Waals surface area contributed by atoms with Crippen LogP contribution in [0.5, 0.6) is 0 Å². The molecule has 0 spiro atoms. The summed E-state index contributed by atoms with van der Waals surface area (Å²) in [4.78, 5) is 10.5. The molecule has 2 rings (SSSR count). The molecule has 13 heavy (non-hydrogen) atoms. The van der Waals surface area contributed by atoms with Crippen LogP contribution in [0.1, 0.15) is 18.6 Å². The van der Waals surface area contributed by atoms with Gasteiger partial charge >= 0.3 is 6.09 Å². The van der Waals surface area contributed by atoms with Crippen molar-refractivity contribution in [2.75, 3.05) is 0 Å². The first kappa shape index (κ1) is 8.86. The number of halogens is 1. The Labute approximate surface area is 88.4 Å². The maximum absolute atomic E-state index is 10.5. The van der Waals surface area contributed by atoms with Crippen LogP contribution in [0.4, 0.5) is 4.79 Å². The smallest absolute Gasteiger partial charge is 0.405 e. The fraction of sp³-hybridized carbons (Fsp3) is 0.375. The van der Waals surface area contributed by atoms with Crippen molar-refractivity contribution < 1.29 is 14.3 Å². The van der Waals surface area contributed by atoms with Gasteiger partial charge in [-0.25, -0.2) is 4.79 Å². The van der Waals surface area contributed by atoms with Gasteiger partial charge in [0.25, 0.3) is 0 Å². The molecule has 5 heteroatoms. The van der Waals surface area contributed by atoms with Crippen molar-refractivity contribution >= 4 is 28.7 Å². The average molecular weight is 293 g/mol. The second kappa shape index (κ2) is 2.90. The molecule has 1 heterocycles. The molecule has 0 bridgehead atoms. The zero-order valence-corrected chi connectivity index (χ0v) is 8.87. The highest BCUT2D eigenvalue weighted by Gasteiger charge is 2.48. The van der Waals surface area contributed by atoms with Crippen LogP contribution in [0.3, 0.4) is 0 Å². The van der Waals surface area contributed by atoms with Crippen LogP contribution in [0, 0.1) is 3.77 Å². The number of carboxylic acid groups (broad SMARTS) is 1. The van der Waals surface area contributed by atoms with E-state index in [1.807, 2.05) is 12.1 Å². The van der Waals surface area contributed by atoms with Gasteiger partial charge in [0.15, 0.2) is 3.77 Å². The maximum Gasteiger partial charge on any atom is 0.405 e. The lowest BCUT2D eigenvalue weighted by Crippen LogP contribution is -2.33. The Morgan fingerprint density at radius 3 is 2.69 bits per heavy atom. The van der Waals surface area contributed by atoms with Gasteiger partial charge in [-0.1, -0.05) is 0 Å². The fourth-order valence-electron chi connectivity index (χ4n) is 1.33. The summed E-state index contributed by atoms with van der Waals surface area (Å²) in [6.07, 6.45) is 0.648.